The van der Waals surface area contributed by atoms with E-state index in [9.17, 15) is 23.2 Å². The third-order valence-electron chi connectivity index (χ3n) is 4.03. The molecular weight excluding hydrogens is 437 g/mol. The van der Waals surface area contributed by atoms with Crippen LogP contribution < -0.4 is 0 Å². The first-order chi connectivity index (χ1) is 14.7. The second kappa shape index (κ2) is 9.15. The van der Waals surface area contributed by atoms with E-state index in [-0.39, 0.29) is 23.6 Å². The fraction of sp³-hybridized carbons (Fsp3) is 0.263. The van der Waals surface area contributed by atoms with Gasteiger partial charge in [0.25, 0.3) is 0 Å². The van der Waals surface area contributed by atoms with Crippen LogP contribution in [-0.4, -0.2) is 39.5 Å². The molecule has 0 aliphatic heterocycles. The number of rotatable bonds is 6. The number of carbonyl (C=O) groups is 1. The number of benzene rings is 1. The maximum Gasteiger partial charge on any atom is 0.510 e. The van der Waals surface area contributed by atoms with E-state index in [2.05, 4.69) is 14.9 Å². The summed E-state index contributed by atoms with van der Waals surface area (Å²) in [5, 5.41) is 29.5. The molecule has 31 heavy (non-hydrogen) atoms. The van der Waals surface area contributed by atoms with Crippen LogP contribution in [0.5, 0.6) is 0 Å². The molecule has 12 heteroatoms. The zero-order valence-electron chi connectivity index (χ0n) is 16.0. The second-order valence-electron chi connectivity index (χ2n) is 6.18. The predicted molar refractivity (Wildman–Crippen MR) is 103 cm³/mol. The summed E-state index contributed by atoms with van der Waals surface area (Å²) >= 11 is 1.33. The molecule has 2 aromatic heterocycles. The summed E-state index contributed by atoms with van der Waals surface area (Å²) in [6.07, 6.45) is -6.83. The van der Waals surface area contributed by atoms with Gasteiger partial charge < -0.3 is 14.6 Å². The van der Waals surface area contributed by atoms with Crippen LogP contribution in [0.15, 0.2) is 35.0 Å². The molecule has 1 N–H and O–H groups in total. The van der Waals surface area contributed by atoms with E-state index >= 15 is 0 Å². The van der Waals surface area contributed by atoms with Gasteiger partial charge in [-0.2, -0.15) is 29.8 Å². The smallest absolute Gasteiger partial charge is 0.432 e. The Bertz CT molecular complexity index is 1110. The van der Waals surface area contributed by atoms with Gasteiger partial charge in [0.05, 0.1) is 12.2 Å². The highest BCUT2D eigenvalue weighted by Crippen LogP contribution is 2.37. The van der Waals surface area contributed by atoms with Crippen molar-refractivity contribution in [2.45, 2.75) is 19.3 Å². The van der Waals surface area contributed by atoms with E-state index in [0.717, 1.165) is 16.9 Å². The number of nitrogens with zero attached hydrogens (tertiary/aromatic N) is 4. The molecule has 0 saturated heterocycles. The first-order valence-electron chi connectivity index (χ1n) is 8.79. The fourth-order valence-corrected chi connectivity index (χ4v) is 3.29. The SMILES string of the molecule is CC(OC(=O)OCCO)n1nc(C#N)c(-c2cc(-c3ccsc3)cc(C(F)(F)F)c2)n1. The largest absolute Gasteiger partial charge is 0.510 e. The first-order valence-corrected chi connectivity index (χ1v) is 9.73. The van der Waals surface area contributed by atoms with Crippen molar-refractivity contribution in [2.24, 2.45) is 0 Å². The maximum atomic E-state index is 13.5. The van der Waals surface area contributed by atoms with Gasteiger partial charge in [-0.3, -0.25) is 0 Å². The van der Waals surface area contributed by atoms with E-state index in [1.165, 1.54) is 24.3 Å². The Kier molecular flexibility index (Phi) is 6.57. The zero-order chi connectivity index (χ0) is 22.6. The Morgan fingerprint density at radius 2 is 2.03 bits per heavy atom. The summed E-state index contributed by atoms with van der Waals surface area (Å²) in [4.78, 5) is 12.4. The molecule has 0 aliphatic carbocycles. The van der Waals surface area contributed by atoms with Crippen LogP contribution in [0, 0.1) is 11.3 Å². The average molecular weight is 452 g/mol. The predicted octanol–water partition coefficient (Wildman–Crippen LogP) is 4.23. The van der Waals surface area contributed by atoms with Crippen molar-refractivity contribution in [2.75, 3.05) is 13.2 Å². The van der Waals surface area contributed by atoms with E-state index in [0.29, 0.717) is 11.1 Å². The minimum atomic E-state index is -4.61. The van der Waals surface area contributed by atoms with E-state index in [1.54, 1.807) is 22.9 Å². The van der Waals surface area contributed by atoms with Gasteiger partial charge in [-0.15, -0.1) is 15.0 Å². The Hall–Kier alpha value is -3.43. The van der Waals surface area contributed by atoms with Gasteiger partial charge in [0.2, 0.25) is 6.23 Å². The minimum absolute atomic E-state index is 0.0360. The van der Waals surface area contributed by atoms with Crippen molar-refractivity contribution in [3.8, 4) is 28.5 Å². The van der Waals surface area contributed by atoms with Crippen molar-refractivity contribution in [1.29, 1.82) is 5.26 Å². The number of aliphatic hydroxyl groups excluding tert-OH is 1. The molecule has 0 fully saturated rings. The Balaban J connectivity index is 2.01. The Morgan fingerprint density at radius 1 is 1.29 bits per heavy atom. The van der Waals surface area contributed by atoms with E-state index in [1.807, 2.05) is 0 Å². The van der Waals surface area contributed by atoms with Crippen LogP contribution in [0.3, 0.4) is 0 Å². The topological polar surface area (TPSA) is 110 Å². The lowest BCUT2D eigenvalue weighted by molar-refractivity contribution is -0.137. The number of aliphatic hydroxyl groups is 1. The molecule has 0 radical (unpaired) electrons. The summed E-state index contributed by atoms with van der Waals surface area (Å²) in [6, 6.07) is 6.85. The van der Waals surface area contributed by atoms with Crippen LogP contribution in [-0.2, 0) is 15.7 Å². The van der Waals surface area contributed by atoms with Crippen molar-refractivity contribution in [3.63, 3.8) is 0 Å². The van der Waals surface area contributed by atoms with Crippen LogP contribution >= 0.6 is 11.3 Å². The minimum Gasteiger partial charge on any atom is -0.432 e. The summed E-state index contributed by atoms with van der Waals surface area (Å²) in [5.41, 5.74) is -0.303. The molecular formula is C19H15F3N4O4S. The highest BCUT2D eigenvalue weighted by atomic mass is 32.1. The molecule has 1 unspecified atom stereocenters. The third kappa shape index (κ3) is 5.19. The highest BCUT2D eigenvalue weighted by molar-refractivity contribution is 7.08. The van der Waals surface area contributed by atoms with Gasteiger partial charge in [-0.1, -0.05) is 0 Å². The van der Waals surface area contributed by atoms with Crippen LogP contribution in [0.2, 0.25) is 0 Å². The van der Waals surface area contributed by atoms with Gasteiger partial charge in [0, 0.05) is 5.56 Å². The number of alkyl halides is 3. The quantitative estimate of drug-likeness (QED) is 0.557. The van der Waals surface area contributed by atoms with Crippen molar-refractivity contribution >= 4 is 17.5 Å². The van der Waals surface area contributed by atoms with Crippen LogP contribution in [0.1, 0.15) is 24.4 Å². The fourth-order valence-electron chi connectivity index (χ4n) is 2.63. The van der Waals surface area contributed by atoms with Gasteiger partial charge in [-0.25, -0.2) is 4.79 Å². The first kappa shape index (κ1) is 22.3. The normalized spacial score (nSPS) is 12.3. The van der Waals surface area contributed by atoms with Crippen LogP contribution in [0.25, 0.3) is 22.4 Å². The van der Waals surface area contributed by atoms with E-state index in [4.69, 9.17) is 9.84 Å². The van der Waals surface area contributed by atoms with Crippen LogP contribution in [0.4, 0.5) is 18.0 Å². The van der Waals surface area contributed by atoms with Crippen molar-refractivity contribution in [3.05, 3.63) is 46.3 Å². The molecule has 0 aliphatic rings. The van der Waals surface area contributed by atoms with Crippen molar-refractivity contribution < 1.29 is 32.5 Å². The number of hydrogen-bond acceptors (Lipinski definition) is 8. The summed E-state index contributed by atoms with van der Waals surface area (Å²) in [7, 11) is 0. The molecule has 0 bridgehead atoms. The Morgan fingerprint density at radius 3 is 2.65 bits per heavy atom. The summed E-state index contributed by atoms with van der Waals surface area (Å²) in [5.74, 6) is 0. The lowest BCUT2D eigenvalue weighted by Gasteiger charge is -2.12. The lowest BCUT2D eigenvalue weighted by Crippen LogP contribution is -2.19. The molecule has 0 amide bonds. The van der Waals surface area contributed by atoms with Gasteiger partial charge in [0.15, 0.2) is 5.69 Å². The molecule has 0 saturated carbocycles. The average Bonchev–Trinajstić information content (AvgIpc) is 3.41. The molecule has 1 atom stereocenters. The Labute approximate surface area is 178 Å². The maximum absolute atomic E-state index is 13.5. The molecule has 2 heterocycles. The number of nitriles is 1. The number of aromatic nitrogens is 3. The molecule has 0 spiro atoms. The summed E-state index contributed by atoms with van der Waals surface area (Å²) < 4.78 is 49.9. The molecule has 1 aromatic carbocycles. The van der Waals surface area contributed by atoms with E-state index < -0.39 is 30.7 Å². The van der Waals surface area contributed by atoms with Gasteiger partial charge in [0.1, 0.15) is 18.4 Å². The van der Waals surface area contributed by atoms with Gasteiger partial charge >= 0.3 is 12.3 Å². The lowest BCUT2D eigenvalue weighted by atomic mass is 9.99. The standard InChI is InChI=1S/C19H15F3N4O4S/c1-11(30-18(28)29-4-3-27)26-24-16(9-23)17(25-26)14-6-13(12-2-5-31-10-12)7-15(8-14)19(20,21)22/h2,5-8,10-11,27H,3-4H2,1H3. The summed E-state index contributed by atoms with van der Waals surface area (Å²) in [6.45, 7) is 0.713. The number of ether oxygens (including phenoxy) is 2. The zero-order valence-corrected chi connectivity index (χ0v) is 16.8. The third-order valence-corrected chi connectivity index (χ3v) is 4.71. The van der Waals surface area contributed by atoms with Gasteiger partial charge in [-0.05, 0) is 53.1 Å². The molecule has 8 nitrogen and oxygen atoms in total. The monoisotopic (exact) mass is 452 g/mol. The molecule has 3 aromatic rings. The number of halogens is 3. The number of thiophene rings is 1. The molecule has 3 rings (SSSR count). The number of hydrogen-bond donors (Lipinski definition) is 1. The number of carbonyl (C=O) groups excluding carboxylic acids is 1. The second-order valence-corrected chi connectivity index (χ2v) is 6.96. The van der Waals surface area contributed by atoms with Crippen molar-refractivity contribution in [1.82, 2.24) is 15.0 Å². The highest BCUT2D eigenvalue weighted by Gasteiger charge is 2.32. The molecule has 162 valence electrons.